The topological polar surface area (TPSA) is 0 Å². The Bertz CT molecular complexity index is 708. The zero-order valence-electron chi connectivity index (χ0n) is 14.2. The monoisotopic (exact) mass is 378 g/mol. The predicted molar refractivity (Wildman–Crippen MR) is 108 cm³/mol. The van der Waals surface area contributed by atoms with Crippen molar-refractivity contribution in [3.8, 4) is 0 Å². The molecule has 0 radical (unpaired) electrons. The van der Waals surface area contributed by atoms with E-state index in [4.69, 9.17) is 0 Å². The minimum absolute atomic E-state index is 0.655. The molecule has 0 fully saturated rings. The van der Waals surface area contributed by atoms with Gasteiger partial charge in [0.15, 0.2) is 0 Å². The fraction of sp³-hybridized carbons (Fsp3) is 0.190. The summed E-state index contributed by atoms with van der Waals surface area (Å²) in [6.07, 6.45) is 9.38. The number of allylic oxidation sites excluding steroid dienone is 4. The van der Waals surface area contributed by atoms with Crippen LogP contribution < -0.4 is 8.79 Å². The molecule has 1 atom stereocenters. The van der Waals surface area contributed by atoms with E-state index in [0.29, 0.717) is 5.54 Å². The van der Waals surface area contributed by atoms with E-state index in [2.05, 4.69) is 105 Å². The van der Waals surface area contributed by atoms with Gasteiger partial charge in [0, 0.05) is 0 Å². The van der Waals surface area contributed by atoms with Crippen LogP contribution in [0.1, 0.15) is 0 Å². The molecule has 0 saturated heterocycles. The minimum atomic E-state index is -1.72. The predicted octanol–water partition coefficient (Wildman–Crippen LogP) is 3.88. The summed E-state index contributed by atoms with van der Waals surface area (Å²) < 4.78 is 4.82. The average molecular weight is 377 g/mol. The molecule has 0 N–H and O–H groups in total. The SMILES string of the molecule is C[Si](C)(C)C1C=CC=C[C]1=[Ge]([c]1ccccc1)[c]1ccccc1. The molecule has 0 heterocycles. The van der Waals surface area contributed by atoms with Crippen LogP contribution in [0.15, 0.2) is 85.0 Å². The summed E-state index contributed by atoms with van der Waals surface area (Å²) in [5.41, 5.74) is 0.655. The van der Waals surface area contributed by atoms with E-state index in [1.54, 1.807) is 13.1 Å². The molecular formula is C21H24GeSi. The molecule has 0 spiro atoms. The number of rotatable bonds is 3. The standard InChI is InChI=1S/C21H24GeSi/c1-23(2,3)21-17-11-10-16-20(21)22(18-12-6-4-7-13-18)19-14-8-5-9-15-19/h4-17,21H,1-3H3. The second-order valence-corrected chi connectivity index (χ2v) is 17.7. The van der Waals surface area contributed by atoms with Crippen molar-refractivity contribution in [2.45, 2.75) is 25.2 Å². The summed E-state index contributed by atoms with van der Waals surface area (Å²) in [5, 5.41) is 0. The van der Waals surface area contributed by atoms with Crippen molar-refractivity contribution in [1.82, 2.24) is 0 Å². The van der Waals surface area contributed by atoms with Gasteiger partial charge < -0.3 is 0 Å². The molecule has 1 unspecified atom stereocenters. The van der Waals surface area contributed by atoms with Crippen LogP contribution in [0, 0.1) is 0 Å². The molecule has 2 aromatic carbocycles. The molecule has 1 aliphatic carbocycles. The molecule has 0 saturated carbocycles. The Balaban J connectivity index is 2.26. The average Bonchev–Trinajstić information content (AvgIpc) is 2.57. The van der Waals surface area contributed by atoms with Crippen molar-refractivity contribution in [3.63, 3.8) is 0 Å². The molecule has 0 amide bonds. The zero-order chi connectivity index (χ0) is 16.3. The van der Waals surface area contributed by atoms with Crippen LogP contribution in [0.3, 0.4) is 0 Å². The van der Waals surface area contributed by atoms with E-state index in [1.807, 2.05) is 0 Å². The van der Waals surface area contributed by atoms with Gasteiger partial charge in [-0.25, -0.2) is 0 Å². The molecule has 2 aromatic rings. The summed E-state index contributed by atoms with van der Waals surface area (Å²) in [6.45, 7) is 7.48. The first kappa shape index (κ1) is 16.4. The van der Waals surface area contributed by atoms with Crippen LogP contribution in [-0.2, 0) is 0 Å². The molecule has 2 heteroatoms. The summed E-state index contributed by atoms with van der Waals surface area (Å²) in [4.78, 5) is 0. The maximum atomic E-state index is 2.49. The van der Waals surface area contributed by atoms with E-state index in [9.17, 15) is 0 Å². The van der Waals surface area contributed by atoms with E-state index >= 15 is 0 Å². The van der Waals surface area contributed by atoms with Crippen LogP contribution in [0.4, 0.5) is 0 Å². The Labute approximate surface area is 145 Å². The third-order valence-electron chi connectivity index (χ3n) is 4.37. The molecule has 23 heavy (non-hydrogen) atoms. The van der Waals surface area contributed by atoms with Gasteiger partial charge in [-0.3, -0.25) is 0 Å². The van der Waals surface area contributed by atoms with E-state index in [-0.39, 0.29) is 0 Å². The number of hydrogen-bond donors (Lipinski definition) is 0. The van der Waals surface area contributed by atoms with E-state index in [0.717, 1.165) is 0 Å². The molecule has 3 rings (SSSR count). The summed E-state index contributed by atoms with van der Waals surface area (Å²) in [5.74, 6) is 0. The Hall–Kier alpha value is -1.45. The molecule has 0 nitrogen and oxygen atoms in total. The van der Waals surface area contributed by atoms with Gasteiger partial charge in [-0.1, -0.05) is 0 Å². The van der Waals surface area contributed by atoms with Gasteiger partial charge in [0.25, 0.3) is 0 Å². The van der Waals surface area contributed by atoms with Crippen molar-refractivity contribution < 1.29 is 0 Å². The second-order valence-electron chi connectivity index (χ2n) is 7.15. The van der Waals surface area contributed by atoms with Crippen LogP contribution in [0.5, 0.6) is 0 Å². The maximum absolute atomic E-state index is 2.49. The molecule has 0 bridgehead atoms. The second kappa shape index (κ2) is 6.98. The van der Waals surface area contributed by atoms with E-state index < -0.39 is 22.0 Å². The molecular weight excluding hydrogens is 353 g/mol. The van der Waals surface area contributed by atoms with Crippen molar-refractivity contribution in [1.29, 1.82) is 0 Å². The van der Waals surface area contributed by atoms with Crippen molar-refractivity contribution >= 4 is 35.1 Å². The fourth-order valence-electron chi connectivity index (χ4n) is 3.25. The third kappa shape index (κ3) is 3.73. The van der Waals surface area contributed by atoms with Gasteiger partial charge in [-0.15, -0.1) is 0 Å². The first-order valence-electron chi connectivity index (χ1n) is 8.27. The Morgan fingerprint density at radius 3 is 1.74 bits per heavy atom. The van der Waals surface area contributed by atoms with Crippen molar-refractivity contribution in [3.05, 3.63) is 85.0 Å². The van der Waals surface area contributed by atoms with Gasteiger partial charge in [0.1, 0.15) is 0 Å². The van der Waals surface area contributed by atoms with Gasteiger partial charge in [0.05, 0.1) is 0 Å². The molecule has 1 aliphatic rings. The Morgan fingerprint density at radius 1 is 0.739 bits per heavy atom. The Morgan fingerprint density at radius 2 is 1.26 bits per heavy atom. The van der Waals surface area contributed by atoms with Gasteiger partial charge >= 0.3 is 145 Å². The molecule has 116 valence electrons. The number of benzene rings is 2. The summed E-state index contributed by atoms with van der Waals surface area (Å²) in [6, 6.07) is 22.4. The molecule has 0 aromatic heterocycles. The number of hydrogen-bond acceptors (Lipinski definition) is 0. The Kier molecular flexibility index (Phi) is 4.98. The fourth-order valence-corrected chi connectivity index (χ4v) is 14.1. The van der Waals surface area contributed by atoms with Crippen molar-refractivity contribution in [2.75, 3.05) is 0 Å². The van der Waals surface area contributed by atoms with Gasteiger partial charge in [-0.2, -0.15) is 0 Å². The van der Waals surface area contributed by atoms with Crippen LogP contribution in [-0.4, -0.2) is 26.3 Å². The van der Waals surface area contributed by atoms with E-state index in [1.165, 1.54) is 0 Å². The first-order chi connectivity index (χ1) is 11.1. The normalized spacial score (nSPS) is 17.3. The van der Waals surface area contributed by atoms with Gasteiger partial charge in [0.2, 0.25) is 0 Å². The van der Waals surface area contributed by atoms with Crippen LogP contribution in [0.25, 0.3) is 0 Å². The zero-order valence-corrected chi connectivity index (χ0v) is 17.3. The van der Waals surface area contributed by atoms with Crippen LogP contribution in [0.2, 0.25) is 25.2 Å². The van der Waals surface area contributed by atoms with Crippen LogP contribution >= 0.6 is 0 Å². The van der Waals surface area contributed by atoms with Gasteiger partial charge in [-0.05, 0) is 0 Å². The third-order valence-corrected chi connectivity index (χ3v) is 13.4. The summed E-state index contributed by atoms with van der Waals surface area (Å²) >= 11 is -1.72. The first-order valence-corrected chi connectivity index (χ1v) is 15.0. The summed E-state index contributed by atoms with van der Waals surface area (Å²) in [7, 11) is -1.28. The van der Waals surface area contributed by atoms with Crippen molar-refractivity contribution in [2.24, 2.45) is 0 Å². The molecule has 0 aliphatic heterocycles. The quantitative estimate of drug-likeness (QED) is 0.713.